The maximum absolute atomic E-state index is 13.9. The van der Waals surface area contributed by atoms with Crippen LogP contribution in [0.15, 0.2) is 83.8 Å². The summed E-state index contributed by atoms with van der Waals surface area (Å²) in [7, 11) is -2.53. The number of methoxy groups -OCH3 is 1. The van der Waals surface area contributed by atoms with Crippen molar-refractivity contribution >= 4 is 27.5 Å². The fourth-order valence-electron chi connectivity index (χ4n) is 3.98. The normalized spacial score (nSPS) is 12.7. The van der Waals surface area contributed by atoms with Gasteiger partial charge in [-0.1, -0.05) is 55.0 Å². The van der Waals surface area contributed by atoms with Crippen LogP contribution in [0.25, 0.3) is 0 Å². The number of para-hydroxylation sites is 1. The van der Waals surface area contributed by atoms with Crippen LogP contribution in [0.4, 0.5) is 5.69 Å². The summed E-state index contributed by atoms with van der Waals surface area (Å²) < 4.78 is 34.0. The highest BCUT2D eigenvalue weighted by Crippen LogP contribution is 2.25. The molecular formula is C30H37N3O5S. The number of nitrogens with zero attached hydrogens (tertiary/aromatic N) is 2. The van der Waals surface area contributed by atoms with E-state index in [1.807, 2.05) is 26.8 Å². The molecule has 0 saturated heterocycles. The van der Waals surface area contributed by atoms with E-state index in [0.29, 0.717) is 11.4 Å². The Balaban J connectivity index is 2.00. The molecule has 0 saturated carbocycles. The zero-order valence-electron chi connectivity index (χ0n) is 23.1. The second kappa shape index (κ2) is 13.3. The van der Waals surface area contributed by atoms with E-state index in [9.17, 15) is 18.0 Å². The van der Waals surface area contributed by atoms with E-state index >= 15 is 0 Å². The predicted molar refractivity (Wildman–Crippen MR) is 153 cm³/mol. The number of hydrogen-bond acceptors (Lipinski definition) is 5. The van der Waals surface area contributed by atoms with Gasteiger partial charge < -0.3 is 15.0 Å². The van der Waals surface area contributed by atoms with Crippen LogP contribution in [0.5, 0.6) is 5.75 Å². The summed E-state index contributed by atoms with van der Waals surface area (Å²) >= 11 is 0. The van der Waals surface area contributed by atoms with Crippen molar-refractivity contribution in [2.45, 2.75) is 57.6 Å². The molecule has 0 aliphatic carbocycles. The van der Waals surface area contributed by atoms with Gasteiger partial charge in [-0.15, -0.1) is 0 Å². The second-order valence-corrected chi connectivity index (χ2v) is 11.4. The van der Waals surface area contributed by atoms with Gasteiger partial charge in [-0.05, 0) is 69.2 Å². The van der Waals surface area contributed by atoms with Crippen LogP contribution in [0.3, 0.4) is 0 Å². The van der Waals surface area contributed by atoms with Crippen molar-refractivity contribution in [2.75, 3.05) is 18.0 Å². The molecule has 208 valence electrons. The third kappa shape index (κ3) is 7.60. The minimum absolute atomic E-state index is 0.0727. The molecule has 1 N–H and O–H groups in total. The van der Waals surface area contributed by atoms with Gasteiger partial charge in [0, 0.05) is 12.6 Å². The Morgan fingerprint density at radius 2 is 1.62 bits per heavy atom. The number of ether oxygens (including phenoxy) is 1. The van der Waals surface area contributed by atoms with Gasteiger partial charge >= 0.3 is 0 Å². The van der Waals surface area contributed by atoms with Crippen LogP contribution in [0, 0.1) is 6.92 Å². The molecule has 0 aliphatic rings. The van der Waals surface area contributed by atoms with E-state index in [4.69, 9.17) is 4.74 Å². The summed E-state index contributed by atoms with van der Waals surface area (Å²) in [5, 5.41) is 2.93. The largest absolute Gasteiger partial charge is 0.497 e. The van der Waals surface area contributed by atoms with Crippen LogP contribution >= 0.6 is 0 Å². The molecule has 39 heavy (non-hydrogen) atoms. The van der Waals surface area contributed by atoms with Gasteiger partial charge in [0.15, 0.2) is 0 Å². The van der Waals surface area contributed by atoms with Crippen molar-refractivity contribution in [1.29, 1.82) is 0 Å². The molecule has 8 nitrogen and oxygen atoms in total. The van der Waals surface area contributed by atoms with Gasteiger partial charge in [-0.3, -0.25) is 13.9 Å². The van der Waals surface area contributed by atoms with E-state index in [0.717, 1.165) is 21.9 Å². The first-order valence-electron chi connectivity index (χ1n) is 12.9. The number of anilines is 1. The fourth-order valence-corrected chi connectivity index (χ4v) is 5.39. The summed E-state index contributed by atoms with van der Waals surface area (Å²) in [5.74, 6) is -0.207. The number of aryl methyl sites for hydroxylation is 1. The lowest BCUT2D eigenvalue weighted by Crippen LogP contribution is -2.52. The molecule has 2 amide bonds. The Morgan fingerprint density at radius 3 is 2.23 bits per heavy atom. The minimum atomic E-state index is -4.09. The first kappa shape index (κ1) is 29.7. The lowest BCUT2D eigenvalue weighted by atomic mass is 10.1. The van der Waals surface area contributed by atoms with Crippen molar-refractivity contribution in [1.82, 2.24) is 10.2 Å². The maximum Gasteiger partial charge on any atom is 0.264 e. The maximum atomic E-state index is 13.9. The highest BCUT2D eigenvalue weighted by molar-refractivity contribution is 7.92. The average molecular weight is 552 g/mol. The zero-order chi connectivity index (χ0) is 28.6. The van der Waals surface area contributed by atoms with E-state index < -0.39 is 28.5 Å². The van der Waals surface area contributed by atoms with Gasteiger partial charge in [-0.2, -0.15) is 0 Å². The van der Waals surface area contributed by atoms with Crippen LogP contribution in [0.2, 0.25) is 0 Å². The van der Waals surface area contributed by atoms with Crippen molar-refractivity contribution in [3.8, 4) is 5.75 Å². The molecule has 0 aliphatic heterocycles. The Morgan fingerprint density at radius 1 is 0.949 bits per heavy atom. The second-order valence-electron chi connectivity index (χ2n) is 9.53. The topological polar surface area (TPSA) is 96.0 Å². The number of hydrogen-bond donors (Lipinski definition) is 1. The summed E-state index contributed by atoms with van der Waals surface area (Å²) in [4.78, 5) is 28.5. The summed E-state index contributed by atoms with van der Waals surface area (Å²) in [6.07, 6.45) is 0.735. The van der Waals surface area contributed by atoms with Crippen molar-refractivity contribution in [2.24, 2.45) is 0 Å². The van der Waals surface area contributed by atoms with Crippen LogP contribution < -0.4 is 14.4 Å². The van der Waals surface area contributed by atoms with E-state index in [2.05, 4.69) is 5.32 Å². The Hall–Kier alpha value is -3.85. The Bertz CT molecular complexity index is 1360. The average Bonchev–Trinajstić information content (AvgIpc) is 2.94. The number of carbonyl (C=O) groups is 2. The number of benzene rings is 3. The van der Waals surface area contributed by atoms with Gasteiger partial charge in [0.1, 0.15) is 18.3 Å². The number of rotatable bonds is 12. The molecule has 0 bridgehead atoms. The molecule has 0 aromatic heterocycles. The minimum Gasteiger partial charge on any atom is -0.497 e. The predicted octanol–water partition coefficient (Wildman–Crippen LogP) is 4.53. The molecule has 0 radical (unpaired) electrons. The first-order chi connectivity index (χ1) is 18.6. The molecular weight excluding hydrogens is 514 g/mol. The Labute approximate surface area is 231 Å². The lowest BCUT2D eigenvalue weighted by Gasteiger charge is -2.32. The standard InChI is InChI=1S/C30H37N3O5S/c1-6-23(3)31-30(35)24(4)32(20-25-11-10-14-27(19-25)38-5)29(34)21-33(26-12-8-7-9-13-26)39(36,37)28-17-15-22(2)16-18-28/h7-19,23-24H,6,20-21H2,1-5H3,(H,31,35)/t23-,24-/m1/s1. The van der Waals surface area contributed by atoms with Crippen LogP contribution in [-0.4, -0.2) is 50.9 Å². The quantitative estimate of drug-likeness (QED) is 0.357. The van der Waals surface area contributed by atoms with Crippen molar-refractivity contribution in [3.63, 3.8) is 0 Å². The third-order valence-corrected chi connectivity index (χ3v) is 8.38. The molecule has 0 heterocycles. The SMILES string of the molecule is CC[C@@H](C)NC(=O)[C@@H](C)N(Cc1cccc(OC)c1)C(=O)CN(c1ccccc1)S(=O)(=O)c1ccc(C)cc1. The summed E-state index contributed by atoms with van der Waals surface area (Å²) in [6.45, 7) is 6.99. The van der Waals surface area contributed by atoms with E-state index in [1.165, 1.54) is 17.0 Å². The summed E-state index contributed by atoms with van der Waals surface area (Å²) in [6, 6.07) is 21.3. The highest BCUT2D eigenvalue weighted by atomic mass is 32.2. The zero-order valence-corrected chi connectivity index (χ0v) is 23.9. The van der Waals surface area contributed by atoms with E-state index in [1.54, 1.807) is 74.7 Å². The lowest BCUT2D eigenvalue weighted by molar-refractivity contribution is -0.139. The molecule has 0 unspecified atom stereocenters. The summed E-state index contributed by atoms with van der Waals surface area (Å²) in [5.41, 5.74) is 2.02. The van der Waals surface area contributed by atoms with Crippen LogP contribution in [-0.2, 0) is 26.2 Å². The molecule has 0 spiro atoms. The molecule has 3 aromatic rings. The third-order valence-electron chi connectivity index (χ3n) is 6.59. The molecule has 3 aromatic carbocycles. The van der Waals surface area contributed by atoms with Gasteiger partial charge in [-0.25, -0.2) is 8.42 Å². The number of amides is 2. The highest BCUT2D eigenvalue weighted by Gasteiger charge is 2.32. The number of sulfonamides is 1. The van der Waals surface area contributed by atoms with Gasteiger partial charge in [0.05, 0.1) is 17.7 Å². The molecule has 0 fully saturated rings. The number of carbonyl (C=O) groups excluding carboxylic acids is 2. The first-order valence-corrected chi connectivity index (χ1v) is 14.4. The smallest absolute Gasteiger partial charge is 0.264 e. The van der Waals surface area contributed by atoms with Crippen molar-refractivity contribution < 1.29 is 22.7 Å². The number of nitrogens with one attached hydrogen (secondary N) is 1. The van der Waals surface area contributed by atoms with E-state index in [-0.39, 0.29) is 23.4 Å². The molecule has 2 atom stereocenters. The van der Waals surface area contributed by atoms with Gasteiger partial charge in [0.2, 0.25) is 11.8 Å². The molecule has 9 heteroatoms. The fraction of sp³-hybridized carbons (Fsp3) is 0.333. The van der Waals surface area contributed by atoms with Crippen molar-refractivity contribution in [3.05, 3.63) is 90.0 Å². The monoisotopic (exact) mass is 551 g/mol. The van der Waals surface area contributed by atoms with Gasteiger partial charge in [0.25, 0.3) is 10.0 Å². The van der Waals surface area contributed by atoms with Crippen LogP contribution in [0.1, 0.15) is 38.3 Å². The molecule has 3 rings (SSSR count). The Kier molecular flexibility index (Phi) is 10.1.